The van der Waals surface area contributed by atoms with Crippen LogP contribution in [0.4, 0.5) is 0 Å². The van der Waals surface area contributed by atoms with Gasteiger partial charge >= 0.3 is 0 Å². The van der Waals surface area contributed by atoms with E-state index >= 15 is 0 Å². The van der Waals surface area contributed by atoms with Gasteiger partial charge in [0, 0.05) is 5.75 Å². The molecule has 24 heavy (non-hydrogen) atoms. The van der Waals surface area contributed by atoms with Gasteiger partial charge in [0.05, 0.1) is 26.0 Å². The van der Waals surface area contributed by atoms with Crippen molar-refractivity contribution in [3.05, 3.63) is 24.3 Å². The molecule has 8 nitrogen and oxygen atoms in total. The van der Waals surface area contributed by atoms with Crippen LogP contribution in [0.15, 0.2) is 29.4 Å². The van der Waals surface area contributed by atoms with Gasteiger partial charge in [0.2, 0.25) is 5.16 Å². The molecule has 9 heteroatoms. The van der Waals surface area contributed by atoms with E-state index < -0.39 is 6.10 Å². The van der Waals surface area contributed by atoms with Gasteiger partial charge in [0.25, 0.3) is 0 Å². The largest absolute Gasteiger partial charge is 0.497 e. The topological polar surface area (TPSA) is 86.7 Å². The quantitative estimate of drug-likeness (QED) is 0.621. The van der Waals surface area contributed by atoms with Crippen LogP contribution in [0.3, 0.4) is 0 Å². The van der Waals surface area contributed by atoms with E-state index in [2.05, 4.69) is 15.5 Å². The number of hydrogen-bond acceptors (Lipinski definition) is 7. The number of thioether (sulfide) groups is 1. The summed E-state index contributed by atoms with van der Waals surface area (Å²) in [6.07, 6.45) is -0.399. The fourth-order valence-electron chi connectivity index (χ4n) is 2.58. The fraction of sp³-hybridized carbons (Fsp3) is 0.533. The fourth-order valence-corrected chi connectivity index (χ4v) is 3.40. The van der Waals surface area contributed by atoms with E-state index in [1.165, 1.54) is 16.7 Å². The van der Waals surface area contributed by atoms with Gasteiger partial charge in [-0.2, -0.15) is 4.68 Å². The van der Waals surface area contributed by atoms with Crippen LogP contribution in [0.25, 0.3) is 5.69 Å². The summed E-state index contributed by atoms with van der Waals surface area (Å²) in [6, 6.07) is 7.52. The van der Waals surface area contributed by atoms with Crippen LogP contribution in [-0.2, 0) is 4.74 Å². The number of rotatable bonds is 7. The number of ether oxygens (including phenoxy) is 2. The van der Waals surface area contributed by atoms with E-state index in [-0.39, 0.29) is 0 Å². The second kappa shape index (κ2) is 8.43. The highest BCUT2D eigenvalue weighted by molar-refractivity contribution is 7.99. The van der Waals surface area contributed by atoms with E-state index in [9.17, 15) is 5.11 Å². The van der Waals surface area contributed by atoms with Crippen molar-refractivity contribution >= 4 is 11.8 Å². The Kier molecular flexibility index (Phi) is 6.02. The molecule has 130 valence electrons. The summed E-state index contributed by atoms with van der Waals surface area (Å²) in [4.78, 5) is 1.38. The van der Waals surface area contributed by atoms with Crippen LogP contribution in [0.1, 0.15) is 0 Å². The van der Waals surface area contributed by atoms with Gasteiger partial charge < -0.3 is 19.5 Å². The summed E-state index contributed by atoms with van der Waals surface area (Å²) in [6.45, 7) is 4.16. The van der Waals surface area contributed by atoms with Gasteiger partial charge in [-0.25, -0.2) is 0 Å². The maximum Gasteiger partial charge on any atom is 0.214 e. The summed E-state index contributed by atoms with van der Waals surface area (Å²) in [5, 5.41) is 22.7. The number of nitrogens with zero attached hydrogens (tertiary/aromatic N) is 4. The van der Waals surface area contributed by atoms with E-state index in [1.54, 1.807) is 11.8 Å². The summed E-state index contributed by atoms with van der Waals surface area (Å²) >= 11 is 1.46. The second-order valence-corrected chi connectivity index (χ2v) is 6.59. The number of quaternary nitrogens is 1. The molecule has 0 bridgehead atoms. The van der Waals surface area contributed by atoms with Gasteiger partial charge in [-0.3, -0.25) is 0 Å². The highest BCUT2D eigenvalue weighted by Crippen LogP contribution is 2.20. The summed E-state index contributed by atoms with van der Waals surface area (Å²) in [5.74, 6) is 1.34. The first-order valence-electron chi connectivity index (χ1n) is 7.91. The summed E-state index contributed by atoms with van der Waals surface area (Å²) in [7, 11) is 1.63. The normalized spacial score (nSPS) is 16.9. The Balaban J connectivity index is 1.56. The SMILES string of the molecule is COc1ccc(-n2nnnc2SC[C@@H](O)C[NH+]2CCOCC2)cc1. The lowest BCUT2D eigenvalue weighted by molar-refractivity contribution is -0.910. The van der Waals surface area contributed by atoms with Crippen LogP contribution in [0.2, 0.25) is 0 Å². The Morgan fingerprint density at radius 3 is 2.79 bits per heavy atom. The van der Waals surface area contributed by atoms with E-state index in [4.69, 9.17) is 9.47 Å². The lowest BCUT2D eigenvalue weighted by Crippen LogP contribution is -3.15. The molecule has 0 unspecified atom stereocenters. The first kappa shape index (κ1) is 17.2. The van der Waals surface area contributed by atoms with E-state index in [0.29, 0.717) is 10.9 Å². The molecule has 0 radical (unpaired) electrons. The number of aliphatic hydroxyl groups excluding tert-OH is 1. The molecule has 2 aromatic rings. The van der Waals surface area contributed by atoms with Crippen molar-refractivity contribution in [3.63, 3.8) is 0 Å². The molecule has 3 rings (SSSR count). The maximum absolute atomic E-state index is 10.3. The van der Waals surface area contributed by atoms with Crippen molar-refractivity contribution in [2.24, 2.45) is 0 Å². The molecule has 1 atom stereocenters. The average Bonchev–Trinajstić information content (AvgIpc) is 3.09. The van der Waals surface area contributed by atoms with Crippen LogP contribution in [0, 0.1) is 0 Å². The molecule has 2 heterocycles. The number of tetrazole rings is 1. The minimum Gasteiger partial charge on any atom is -0.497 e. The van der Waals surface area contributed by atoms with E-state index in [1.807, 2.05) is 24.3 Å². The Bertz CT molecular complexity index is 630. The predicted molar refractivity (Wildman–Crippen MR) is 88.8 cm³/mol. The third-order valence-electron chi connectivity index (χ3n) is 3.89. The van der Waals surface area contributed by atoms with Crippen molar-refractivity contribution in [2.45, 2.75) is 11.3 Å². The van der Waals surface area contributed by atoms with Crippen molar-refractivity contribution in [1.29, 1.82) is 0 Å². The standard InChI is InChI=1S/C15H21N5O3S/c1-22-14-4-2-12(3-5-14)20-15(16-17-18-20)24-11-13(21)10-19-6-8-23-9-7-19/h2-5,13,21H,6-11H2,1H3/p+1/t13-/m0/s1. The third kappa shape index (κ3) is 4.44. The third-order valence-corrected chi connectivity index (χ3v) is 4.95. The molecular formula is C15H22N5O3S+. The molecule has 1 aliphatic heterocycles. The Morgan fingerprint density at radius 1 is 1.33 bits per heavy atom. The first-order valence-corrected chi connectivity index (χ1v) is 8.90. The Hall–Kier alpha value is -1.68. The van der Waals surface area contributed by atoms with Gasteiger partial charge in [-0.1, -0.05) is 11.8 Å². The number of aromatic nitrogens is 4. The van der Waals surface area contributed by atoms with Crippen LogP contribution >= 0.6 is 11.8 Å². The summed E-state index contributed by atoms with van der Waals surface area (Å²) < 4.78 is 12.2. The zero-order valence-corrected chi connectivity index (χ0v) is 14.4. The second-order valence-electron chi connectivity index (χ2n) is 5.60. The molecule has 0 amide bonds. The zero-order chi connectivity index (χ0) is 16.8. The zero-order valence-electron chi connectivity index (χ0n) is 13.6. The Labute approximate surface area is 144 Å². The first-order chi connectivity index (χ1) is 11.8. The smallest absolute Gasteiger partial charge is 0.214 e. The molecule has 0 saturated carbocycles. The van der Waals surface area contributed by atoms with Gasteiger partial charge in [-0.15, -0.1) is 5.10 Å². The van der Waals surface area contributed by atoms with Crippen LogP contribution in [0.5, 0.6) is 5.75 Å². The molecule has 2 N–H and O–H groups in total. The molecule has 1 saturated heterocycles. The van der Waals surface area contributed by atoms with Crippen molar-refractivity contribution in [3.8, 4) is 11.4 Å². The monoisotopic (exact) mass is 352 g/mol. The number of morpholine rings is 1. The van der Waals surface area contributed by atoms with Crippen molar-refractivity contribution in [2.75, 3.05) is 45.7 Å². The molecule has 1 fully saturated rings. The molecule has 1 aromatic carbocycles. The highest BCUT2D eigenvalue weighted by Gasteiger charge is 2.19. The molecular weight excluding hydrogens is 330 g/mol. The number of benzene rings is 1. The molecule has 0 spiro atoms. The number of aliphatic hydroxyl groups is 1. The lowest BCUT2D eigenvalue weighted by Gasteiger charge is -2.25. The molecule has 1 aromatic heterocycles. The molecule has 1 aliphatic rings. The van der Waals surface area contributed by atoms with Gasteiger partial charge in [-0.05, 0) is 34.7 Å². The van der Waals surface area contributed by atoms with Crippen LogP contribution < -0.4 is 9.64 Å². The maximum atomic E-state index is 10.3. The number of hydrogen-bond donors (Lipinski definition) is 2. The van der Waals surface area contributed by atoms with Crippen molar-refractivity contribution < 1.29 is 19.5 Å². The minimum absolute atomic E-state index is 0.399. The summed E-state index contributed by atoms with van der Waals surface area (Å²) in [5.41, 5.74) is 0.858. The Morgan fingerprint density at radius 2 is 2.08 bits per heavy atom. The molecule has 0 aliphatic carbocycles. The van der Waals surface area contributed by atoms with Gasteiger partial charge in [0.1, 0.15) is 31.5 Å². The minimum atomic E-state index is -0.399. The van der Waals surface area contributed by atoms with Gasteiger partial charge in [0.15, 0.2) is 0 Å². The number of nitrogens with one attached hydrogen (secondary N) is 1. The predicted octanol–water partition coefficient (Wildman–Crippen LogP) is -0.961. The van der Waals surface area contributed by atoms with E-state index in [0.717, 1.165) is 44.3 Å². The number of methoxy groups -OCH3 is 1. The average molecular weight is 352 g/mol. The lowest BCUT2D eigenvalue weighted by atomic mass is 10.3. The van der Waals surface area contributed by atoms with Crippen molar-refractivity contribution in [1.82, 2.24) is 20.2 Å². The van der Waals surface area contributed by atoms with Crippen LogP contribution in [-0.4, -0.2) is 77.1 Å². The highest BCUT2D eigenvalue weighted by atomic mass is 32.2.